The number of para-hydroxylation sites is 2. The zero-order valence-corrected chi connectivity index (χ0v) is 18.4. The Labute approximate surface area is 184 Å². The van der Waals surface area contributed by atoms with Gasteiger partial charge >= 0.3 is 0 Å². The van der Waals surface area contributed by atoms with E-state index in [4.69, 9.17) is 5.73 Å². The summed E-state index contributed by atoms with van der Waals surface area (Å²) in [5.41, 5.74) is 10.7. The molecule has 4 rings (SSSR count). The molecule has 0 amide bonds. The number of piperidine rings is 1. The van der Waals surface area contributed by atoms with Crippen molar-refractivity contribution in [1.82, 2.24) is 19.9 Å². The smallest absolute Gasteiger partial charge is 0.232 e. The van der Waals surface area contributed by atoms with Crippen molar-refractivity contribution in [2.24, 2.45) is 0 Å². The summed E-state index contributed by atoms with van der Waals surface area (Å²) in [6, 6.07) is 16.7. The molecular formula is C24H31N7. The normalized spacial score (nSPS) is 14.1. The lowest BCUT2D eigenvalue weighted by Crippen LogP contribution is -2.31. The summed E-state index contributed by atoms with van der Waals surface area (Å²) in [4.78, 5) is 17.9. The molecule has 7 nitrogen and oxygen atoms in total. The van der Waals surface area contributed by atoms with Gasteiger partial charge in [0.05, 0.1) is 6.54 Å². The van der Waals surface area contributed by atoms with Crippen LogP contribution >= 0.6 is 0 Å². The summed E-state index contributed by atoms with van der Waals surface area (Å²) in [6.45, 7) is 5.72. The zero-order chi connectivity index (χ0) is 21.6. The molecule has 2 heterocycles. The van der Waals surface area contributed by atoms with Gasteiger partial charge in [0.2, 0.25) is 11.9 Å². The van der Waals surface area contributed by atoms with Crippen LogP contribution in [0.25, 0.3) is 0 Å². The molecule has 2 aromatic carbocycles. The number of rotatable bonds is 7. The van der Waals surface area contributed by atoms with E-state index >= 15 is 0 Å². The van der Waals surface area contributed by atoms with Gasteiger partial charge < -0.3 is 16.0 Å². The number of nitrogens with two attached hydrogens (primary N) is 1. The number of aryl methyl sites for hydroxylation is 1. The molecule has 3 N–H and O–H groups in total. The van der Waals surface area contributed by atoms with Crippen molar-refractivity contribution in [2.45, 2.75) is 39.3 Å². The predicted octanol–water partition coefficient (Wildman–Crippen LogP) is 4.13. The van der Waals surface area contributed by atoms with Gasteiger partial charge in [-0.15, -0.1) is 0 Å². The van der Waals surface area contributed by atoms with Crippen LogP contribution in [-0.2, 0) is 13.1 Å². The fourth-order valence-electron chi connectivity index (χ4n) is 4.07. The average Bonchev–Trinajstić information content (AvgIpc) is 2.76. The van der Waals surface area contributed by atoms with Gasteiger partial charge in [0.1, 0.15) is 5.82 Å². The molecule has 0 bridgehead atoms. The lowest BCUT2D eigenvalue weighted by atomic mass is 10.1. The van der Waals surface area contributed by atoms with Crippen molar-refractivity contribution in [2.75, 3.05) is 36.1 Å². The van der Waals surface area contributed by atoms with Crippen LogP contribution in [-0.4, -0.2) is 40.0 Å². The highest BCUT2D eigenvalue weighted by atomic mass is 15.2. The first-order chi connectivity index (χ1) is 15.1. The Hall–Kier alpha value is -3.19. The van der Waals surface area contributed by atoms with Crippen LogP contribution in [0.4, 0.5) is 23.3 Å². The Morgan fingerprint density at radius 1 is 0.935 bits per heavy atom. The van der Waals surface area contributed by atoms with Crippen molar-refractivity contribution in [1.29, 1.82) is 0 Å². The van der Waals surface area contributed by atoms with Gasteiger partial charge in [-0.3, -0.25) is 4.90 Å². The van der Waals surface area contributed by atoms with E-state index < -0.39 is 0 Å². The molecule has 0 spiro atoms. The third-order valence-corrected chi connectivity index (χ3v) is 5.63. The molecule has 0 saturated carbocycles. The van der Waals surface area contributed by atoms with Gasteiger partial charge in [0.15, 0.2) is 0 Å². The van der Waals surface area contributed by atoms with Crippen LogP contribution in [0.5, 0.6) is 0 Å². The Balaban J connectivity index is 1.46. The van der Waals surface area contributed by atoms with Crippen LogP contribution in [0.2, 0.25) is 0 Å². The van der Waals surface area contributed by atoms with E-state index in [-0.39, 0.29) is 5.95 Å². The Morgan fingerprint density at radius 3 is 2.48 bits per heavy atom. The van der Waals surface area contributed by atoms with Gasteiger partial charge in [0.25, 0.3) is 0 Å². The van der Waals surface area contributed by atoms with Crippen molar-refractivity contribution in [3.05, 3.63) is 65.5 Å². The van der Waals surface area contributed by atoms with E-state index in [0.29, 0.717) is 18.3 Å². The number of aromatic nitrogens is 3. The molecule has 0 atom stereocenters. The first-order valence-corrected chi connectivity index (χ1v) is 10.9. The molecule has 0 unspecified atom stereocenters. The number of anilines is 4. The zero-order valence-electron chi connectivity index (χ0n) is 18.4. The minimum Gasteiger partial charge on any atom is -0.371 e. The molecule has 0 radical (unpaired) electrons. The molecule has 1 aliphatic rings. The molecule has 31 heavy (non-hydrogen) atoms. The maximum absolute atomic E-state index is 5.97. The summed E-state index contributed by atoms with van der Waals surface area (Å²) in [5.74, 6) is 1.35. The highest BCUT2D eigenvalue weighted by Gasteiger charge is 2.16. The van der Waals surface area contributed by atoms with Crippen LogP contribution in [0, 0.1) is 6.92 Å². The van der Waals surface area contributed by atoms with E-state index in [9.17, 15) is 0 Å². The fourth-order valence-corrected chi connectivity index (χ4v) is 4.07. The molecule has 3 aromatic rings. The number of hydrogen-bond acceptors (Lipinski definition) is 7. The molecule has 0 aliphatic carbocycles. The number of benzene rings is 2. The Morgan fingerprint density at radius 2 is 1.68 bits per heavy atom. The second-order valence-electron chi connectivity index (χ2n) is 8.22. The molecular weight excluding hydrogens is 386 g/mol. The van der Waals surface area contributed by atoms with Crippen LogP contribution in [0.15, 0.2) is 48.5 Å². The maximum Gasteiger partial charge on any atom is 0.232 e. The van der Waals surface area contributed by atoms with Crippen molar-refractivity contribution >= 4 is 23.3 Å². The number of nitrogens with zero attached hydrogens (tertiary/aromatic N) is 5. The van der Waals surface area contributed by atoms with E-state index in [1.807, 2.05) is 31.2 Å². The van der Waals surface area contributed by atoms with Crippen molar-refractivity contribution in [3.63, 3.8) is 0 Å². The summed E-state index contributed by atoms with van der Waals surface area (Å²) in [6.07, 6.45) is 3.87. The number of hydrogen-bond donors (Lipinski definition) is 2. The van der Waals surface area contributed by atoms with Gasteiger partial charge in [-0.05, 0) is 56.5 Å². The molecule has 1 fully saturated rings. The highest BCUT2D eigenvalue weighted by Crippen LogP contribution is 2.25. The first kappa shape index (κ1) is 21.1. The number of nitrogens with one attached hydrogen (secondary N) is 1. The molecule has 7 heteroatoms. The monoisotopic (exact) mass is 417 g/mol. The Bertz CT molecular complexity index is 1010. The van der Waals surface area contributed by atoms with Crippen molar-refractivity contribution < 1.29 is 0 Å². The molecule has 1 saturated heterocycles. The van der Waals surface area contributed by atoms with Crippen LogP contribution < -0.4 is 16.0 Å². The third-order valence-electron chi connectivity index (χ3n) is 5.63. The Kier molecular flexibility index (Phi) is 6.62. The van der Waals surface area contributed by atoms with E-state index in [1.54, 1.807) is 0 Å². The lowest BCUT2D eigenvalue weighted by Gasteiger charge is -2.31. The number of nitrogen functional groups attached to an aromatic ring is 1. The lowest BCUT2D eigenvalue weighted by molar-refractivity contribution is 0.310. The minimum absolute atomic E-state index is 0.225. The second kappa shape index (κ2) is 9.75. The van der Waals surface area contributed by atoms with E-state index in [2.05, 4.69) is 61.4 Å². The van der Waals surface area contributed by atoms with E-state index in [1.165, 1.54) is 30.5 Å². The quantitative estimate of drug-likeness (QED) is 0.598. The van der Waals surface area contributed by atoms with Gasteiger partial charge in [-0.1, -0.05) is 36.4 Å². The van der Waals surface area contributed by atoms with E-state index in [0.717, 1.165) is 30.9 Å². The average molecular weight is 418 g/mol. The molecule has 1 aliphatic heterocycles. The predicted molar refractivity (Wildman–Crippen MR) is 126 cm³/mol. The highest BCUT2D eigenvalue weighted by molar-refractivity contribution is 5.58. The summed E-state index contributed by atoms with van der Waals surface area (Å²) in [7, 11) is 2.08. The topological polar surface area (TPSA) is 83.2 Å². The third kappa shape index (κ3) is 5.49. The summed E-state index contributed by atoms with van der Waals surface area (Å²) >= 11 is 0. The van der Waals surface area contributed by atoms with Gasteiger partial charge in [0, 0.05) is 31.0 Å². The second-order valence-corrected chi connectivity index (χ2v) is 8.22. The largest absolute Gasteiger partial charge is 0.371 e. The van der Waals surface area contributed by atoms with Gasteiger partial charge in [-0.2, -0.15) is 15.0 Å². The summed E-state index contributed by atoms with van der Waals surface area (Å²) in [5, 5.41) is 3.26. The molecule has 162 valence electrons. The standard InChI is InChI=1S/C24H31N7/c1-18-10-4-6-12-20(18)26-24-28-22(27-23(25)29-24)17-30(2)16-19-11-5-7-13-21(19)31-14-8-3-9-15-31/h4-7,10-13H,3,8-9,14-17H2,1-2H3,(H3,25,26,27,28,29). The van der Waals surface area contributed by atoms with Crippen LogP contribution in [0.3, 0.4) is 0 Å². The maximum atomic E-state index is 5.97. The van der Waals surface area contributed by atoms with Crippen LogP contribution in [0.1, 0.15) is 36.2 Å². The SMILES string of the molecule is Cc1ccccc1Nc1nc(N)nc(CN(C)Cc2ccccc2N2CCCCC2)n1. The van der Waals surface area contributed by atoms with Gasteiger partial charge in [-0.25, -0.2) is 0 Å². The minimum atomic E-state index is 0.225. The summed E-state index contributed by atoms with van der Waals surface area (Å²) < 4.78 is 0. The van der Waals surface area contributed by atoms with Crippen molar-refractivity contribution in [3.8, 4) is 0 Å². The fraction of sp³-hybridized carbons (Fsp3) is 0.375. The molecule has 1 aromatic heterocycles. The first-order valence-electron chi connectivity index (χ1n) is 10.9.